The van der Waals surface area contributed by atoms with Gasteiger partial charge in [-0.3, -0.25) is 10.2 Å². The van der Waals surface area contributed by atoms with E-state index in [0.29, 0.717) is 12.8 Å². The monoisotopic (exact) mass is 364 g/mol. The third-order valence-corrected chi connectivity index (χ3v) is 5.36. The number of esters is 1. The van der Waals surface area contributed by atoms with Gasteiger partial charge in [0.15, 0.2) is 0 Å². The first-order chi connectivity index (χ1) is 12.6. The first-order valence-electron chi connectivity index (χ1n) is 8.27. The quantitative estimate of drug-likeness (QED) is 0.385. The topological polar surface area (TPSA) is 76.2 Å². The van der Waals surface area contributed by atoms with E-state index in [4.69, 9.17) is 11.1 Å². The van der Waals surface area contributed by atoms with Crippen LogP contribution < -0.4 is 5.73 Å². The van der Waals surface area contributed by atoms with Gasteiger partial charge in [-0.25, -0.2) is 0 Å². The molecule has 3 N–H and O–H groups in total. The summed E-state index contributed by atoms with van der Waals surface area (Å²) < 4.78 is 4.69. The summed E-state index contributed by atoms with van der Waals surface area (Å²) >= 11 is 1.70. The van der Waals surface area contributed by atoms with Crippen LogP contribution >= 0.6 is 11.3 Å². The first-order valence-corrected chi connectivity index (χ1v) is 9.09. The zero-order valence-corrected chi connectivity index (χ0v) is 15.3. The third kappa shape index (κ3) is 4.18. The zero-order valence-electron chi connectivity index (χ0n) is 14.5. The van der Waals surface area contributed by atoms with Gasteiger partial charge in [0.25, 0.3) is 0 Å². The van der Waals surface area contributed by atoms with Gasteiger partial charge in [-0.1, -0.05) is 48.5 Å². The van der Waals surface area contributed by atoms with Gasteiger partial charge in [-0.2, -0.15) is 0 Å². The molecule has 3 aromatic rings. The van der Waals surface area contributed by atoms with Gasteiger partial charge in [0.2, 0.25) is 0 Å². The fourth-order valence-electron chi connectivity index (χ4n) is 2.66. The predicted molar refractivity (Wildman–Crippen MR) is 107 cm³/mol. The maximum Gasteiger partial charge on any atom is 0.305 e. The minimum atomic E-state index is -0.180. The van der Waals surface area contributed by atoms with Crippen molar-refractivity contribution in [1.29, 1.82) is 5.41 Å². The highest BCUT2D eigenvalue weighted by molar-refractivity contribution is 7.15. The molecular formula is C21H20N2O2S. The van der Waals surface area contributed by atoms with Crippen LogP contribution in [0.25, 0.3) is 21.6 Å². The Labute approximate surface area is 156 Å². The lowest BCUT2D eigenvalue weighted by molar-refractivity contribution is -0.140. The number of hydrogen-bond acceptors (Lipinski definition) is 4. The second-order valence-corrected chi connectivity index (χ2v) is 7.08. The van der Waals surface area contributed by atoms with Crippen LogP contribution in [0.2, 0.25) is 0 Å². The van der Waals surface area contributed by atoms with E-state index in [9.17, 15) is 4.79 Å². The van der Waals surface area contributed by atoms with Crippen molar-refractivity contribution in [3.8, 4) is 21.6 Å². The molecular weight excluding hydrogens is 344 g/mol. The minimum Gasteiger partial charge on any atom is -0.469 e. The van der Waals surface area contributed by atoms with E-state index in [1.807, 2.05) is 24.3 Å². The van der Waals surface area contributed by atoms with Crippen LogP contribution in [0, 0.1) is 5.41 Å². The molecule has 0 aliphatic rings. The molecule has 0 atom stereocenters. The third-order valence-electron chi connectivity index (χ3n) is 4.16. The minimum absolute atomic E-state index is 0.0765. The fraction of sp³-hybridized carbons (Fsp3) is 0.143. The number of thiophene rings is 1. The Kier molecular flexibility index (Phi) is 5.49. The van der Waals surface area contributed by atoms with E-state index >= 15 is 0 Å². The van der Waals surface area contributed by atoms with Crippen molar-refractivity contribution in [3.05, 3.63) is 71.1 Å². The van der Waals surface area contributed by atoms with Crippen molar-refractivity contribution in [2.75, 3.05) is 7.11 Å². The van der Waals surface area contributed by atoms with Crippen molar-refractivity contribution in [3.63, 3.8) is 0 Å². The molecule has 4 nitrogen and oxygen atoms in total. The van der Waals surface area contributed by atoms with Crippen molar-refractivity contribution in [1.82, 2.24) is 0 Å². The van der Waals surface area contributed by atoms with Gasteiger partial charge in [0, 0.05) is 15.3 Å². The Morgan fingerprint density at radius 3 is 2.12 bits per heavy atom. The molecule has 2 aromatic carbocycles. The molecule has 26 heavy (non-hydrogen) atoms. The Morgan fingerprint density at radius 2 is 1.54 bits per heavy atom. The lowest BCUT2D eigenvalue weighted by Gasteiger charge is -2.05. The predicted octanol–water partition coefficient (Wildman–Crippen LogP) is 4.47. The molecule has 0 bridgehead atoms. The number of carbonyl (C=O) groups excluding carboxylic acids is 1. The number of ether oxygens (including phenoxy) is 1. The standard InChI is InChI=1S/C21H20N2O2S/c1-25-20(24)13-11-18-10-12-19(26-18)16-6-2-14(3-7-16)15-4-8-17(9-5-15)21(22)23/h2-10,12H,11,13H2,1H3,(H3,22,23). The molecule has 0 spiro atoms. The summed E-state index contributed by atoms with van der Waals surface area (Å²) in [6, 6.07) is 20.2. The van der Waals surface area contributed by atoms with E-state index in [-0.39, 0.29) is 11.8 Å². The summed E-state index contributed by atoms with van der Waals surface area (Å²) in [5.74, 6) is -0.104. The number of methoxy groups -OCH3 is 1. The maximum atomic E-state index is 11.3. The Morgan fingerprint density at radius 1 is 0.962 bits per heavy atom. The lowest BCUT2D eigenvalue weighted by atomic mass is 10.0. The number of aryl methyl sites for hydroxylation is 1. The molecule has 0 aliphatic heterocycles. The average Bonchev–Trinajstić information content (AvgIpc) is 3.15. The second-order valence-electron chi connectivity index (χ2n) is 5.91. The van der Waals surface area contributed by atoms with E-state index in [2.05, 4.69) is 41.1 Å². The van der Waals surface area contributed by atoms with Crippen LogP contribution in [0.1, 0.15) is 16.9 Å². The number of amidine groups is 1. The summed E-state index contributed by atoms with van der Waals surface area (Å²) in [6.07, 6.45) is 1.11. The molecule has 132 valence electrons. The van der Waals surface area contributed by atoms with E-state index < -0.39 is 0 Å². The molecule has 0 saturated carbocycles. The number of carbonyl (C=O) groups is 1. The molecule has 0 unspecified atom stereocenters. The molecule has 0 radical (unpaired) electrons. The molecule has 3 rings (SSSR count). The SMILES string of the molecule is COC(=O)CCc1ccc(-c2ccc(-c3ccc(C(=N)N)cc3)cc2)s1. The van der Waals surface area contributed by atoms with Crippen molar-refractivity contribution in [2.45, 2.75) is 12.8 Å². The van der Waals surface area contributed by atoms with Crippen LogP contribution in [-0.4, -0.2) is 18.9 Å². The molecule has 0 aliphatic carbocycles. The highest BCUT2D eigenvalue weighted by Crippen LogP contribution is 2.30. The normalized spacial score (nSPS) is 10.5. The molecule has 1 aromatic heterocycles. The Hall–Kier alpha value is -2.92. The fourth-order valence-corrected chi connectivity index (χ4v) is 3.68. The number of nitrogen functional groups attached to an aromatic ring is 1. The number of rotatable bonds is 6. The highest BCUT2D eigenvalue weighted by Gasteiger charge is 2.07. The maximum absolute atomic E-state index is 11.3. The second kappa shape index (κ2) is 7.97. The Balaban J connectivity index is 1.72. The van der Waals surface area contributed by atoms with Crippen LogP contribution in [0.5, 0.6) is 0 Å². The van der Waals surface area contributed by atoms with Gasteiger partial charge in [-0.05, 0) is 35.2 Å². The molecule has 0 fully saturated rings. The van der Waals surface area contributed by atoms with Gasteiger partial charge < -0.3 is 10.5 Å². The lowest BCUT2D eigenvalue weighted by Crippen LogP contribution is -2.10. The summed E-state index contributed by atoms with van der Waals surface area (Å²) in [5, 5.41) is 7.45. The zero-order chi connectivity index (χ0) is 18.5. The summed E-state index contributed by atoms with van der Waals surface area (Å²) in [7, 11) is 1.41. The average molecular weight is 364 g/mol. The smallest absolute Gasteiger partial charge is 0.305 e. The number of nitrogens with two attached hydrogens (primary N) is 1. The first kappa shape index (κ1) is 17.9. The molecule has 5 heteroatoms. The van der Waals surface area contributed by atoms with Crippen LogP contribution in [0.4, 0.5) is 0 Å². The Bertz CT molecular complexity index is 912. The molecule has 0 amide bonds. The van der Waals surface area contributed by atoms with E-state index in [1.165, 1.54) is 16.9 Å². The van der Waals surface area contributed by atoms with Gasteiger partial charge in [-0.15, -0.1) is 11.3 Å². The van der Waals surface area contributed by atoms with Crippen molar-refractivity contribution >= 4 is 23.1 Å². The number of nitrogens with one attached hydrogen (secondary N) is 1. The summed E-state index contributed by atoms with van der Waals surface area (Å²) in [6.45, 7) is 0. The number of benzene rings is 2. The van der Waals surface area contributed by atoms with Crippen LogP contribution in [0.3, 0.4) is 0 Å². The molecule has 1 heterocycles. The summed E-state index contributed by atoms with van der Waals surface area (Å²) in [5.41, 5.74) is 9.58. The largest absolute Gasteiger partial charge is 0.469 e. The van der Waals surface area contributed by atoms with E-state index in [0.717, 1.165) is 22.3 Å². The van der Waals surface area contributed by atoms with E-state index in [1.54, 1.807) is 11.3 Å². The van der Waals surface area contributed by atoms with Crippen molar-refractivity contribution < 1.29 is 9.53 Å². The van der Waals surface area contributed by atoms with Gasteiger partial charge in [0.1, 0.15) is 5.84 Å². The molecule has 0 saturated heterocycles. The highest BCUT2D eigenvalue weighted by atomic mass is 32.1. The number of hydrogen-bond donors (Lipinski definition) is 2. The van der Waals surface area contributed by atoms with Gasteiger partial charge >= 0.3 is 5.97 Å². The van der Waals surface area contributed by atoms with Gasteiger partial charge in [0.05, 0.1) is 13.5 Å². The summed E-state index contributed by atoms with van der Waals surface area (Å²) in [4.78, 5) is 13.6. The van der Waals surface area contributed by atoms with Crippen molar-refractivity contribution in [2.24, 2.45) is 5.73 Å². The van der Waals surface area contributed by atoms with Crippen LogP contribution in [-0.2, 0) is 16.0 Å². The van der Waals surface area contributed by atoms with Crippen LogP contribution in [0.15, 0.2) is 60.7 Å².